The topological polar surface area (TPSA) is 13.0 Å². The molecule has 0 aromatic rings. The fraction of sp³-hybridized carbons (Fsp3) is 0.920. The second kappa shape index (κ2) is 23.0. The van der Waals surface area contributed by atoms with Crippen LogP contribution < -0.4 is 0 Å². The third-order valence-electron chi connectivity index (χ3n) is 16.7. The summed E-state index contributed by atoms with van der Waals surface area (Å²) in [4.78, 5) is 11.0. The predicted molar refractivity (Wildman–Crippen MR) is 236 cm³/mol. The molecule has 0 unspecified atom stereocenters. The molecule has 0 radical (unpaired) electrons. The Hall–Kier alpha value is -0.680. The van der Waals surface area contributed by atoms with E-state index in [1.807, 2.05) is 11.1 Å². The van der Waals surface area contributed by atoms with E-state index >= 15 is 0 Å². The second-order valence-corrected chi connectivity index (χ2v) is 18.9. The standard InChI is InChI=1S/C50H92N4/c1-9-51(10-2)45-29-21-41(22-30-45)49(42-23-31-46(32-24-42)52(11-3)12-4)37-39-17-19-40(20-18-39)38-50(43-25-33-47(34-26-43)53(13-5)14-6)44-27-35-48(36-28-44)54(15-7)16-8/h37-48H,9-36H2,1-8H3. The summed E-state index contributed by atoms with van der Waals surface area (Å²) in [5.74, 6) is 5.07. The maximum absolute atomic E-state index is 2.97. The average Bonchev–Trinajstić information content (AvgIpc) is 3.23. The average molecular weight is 749 g/mol. The molecule has 312 valence electrons. The van der Waals surface area contributed by atoms with E-state index in [-0.39, 0.29) is 0 Å². The lowest BCUT2D eigenvalue weighted by Gasteiger charge is -2.42. The molecule has 0 spiro atoms. The van der Waals surface area contributed by atoms with Crippen molar-refractivity contribution in [1.29, 1.82) is 0 Å². The van der Waals surface area contributed by atoms with Gasteiger partial charge in [-0.3, -0.25) is 0 Å². The molecule has 54 heavy (non-hydrogen) atoms. The maximum atomic E-state index is 2.97. The van der Waals surface area contributed by atoms with Crippen molar-refractivity contribution in [1.82, 2.24) is 19.6 Å². The predicted octanol–water partition coefficient (Wildman–Crippen LogP) is 12.2. The zero-order valence-corrected chi connectivity index (χ0v) is 37.5. The van der Waals surface area contributed by atoms with Crippen molar-refractivity contribution in [2.24, 2.45) is 35.5 Å². The number of nitrogens with zero attached hydrogens (tertiary/aromatic N) is 4. The first-order chi connectivity index (χ1) is 26.4. The Labute approximate surface area is 337 Å². The monoisotopic (exact) mass is 749 g/mol. The molecule has 0 aromatic carbocycles. The fourth-order valence-electron chi connectivity index (χ4n) is 13.3. The highest BCUT2D eigenvalue weighted by atomic mass is 15.2. The Bertz CT molecular complexity index is 904. The van der Waals surface area contributed by atoms with Crippen molar-refractivity contribution in [3.63, 3.8) is 0 Å². The summed E-state index contributed by atoms with van der Waals surface area (Å²) < 4.78 is 0. The summed E-state index contributed by atoms with van der Waals surface area (Å²) in [5.41, 5.74) is 3.92. The van der Waals surface area contributed by atoms with Crippen LogP contribution in [0.4, 0.5) is 0 Å². The largest absolute Gasteiger partial charge is 0.301 e. The van der Waals surface area contributed by atoms with E-state index in [1.54, 1.807) is 0 Å². The third-order valence-corrected chi connectivity index (χ3v) is 16.7. The summed E-state index contributed by atoms with van der Waals surface area (Å²) in [5, 5.41) is 0. The van der Waals surface area contributed by atoms with E-state index in [4.69, 9.17) is 0 Å². The molecule has 0 aliphatic heterocycles. The van der Waals surface area contributed by atoms with Gasteiger partial charge in [0.15, 0.2) is 0 Å². The highest BCUT2D eigenvalue weighted by Gasteiger charge is 2.36. The Balaban J connectivity index is 1.27. The van der Waals surface area contributed by atoms with Crippen molar-refractivity contribution < 1.29 is 0 Å². The van der Waals surface area contributed by atoms with E-state index in [2.05, 4.69) is 87.1 Å². The van der Waals surface area contributed by atoms with E-state index < -0.39 is 0 Å². The van der Waals surface area contributed by atoms with Gasteiger partial charge in [0.25, 0.3) is 0 Å². The smallest absolute Gasteiger partial charge is 0.00954 e. The van der Waals surface area contributed by atoms with Crippen LogP contribution in [-0.2, 0) is 0 Å². The molecule has 0 saturated heterocycles. The highest BCUT2D eigenvalue weighted by molar-refractivity contribution is 5.18. The van der Waals surface area contributed by atoms with Gasteiger partial charge in [0.2, 0.25) is 0 Å². The van der Waals surface area contributed by atoms with E-state index in [1.165, 1.54) is 181 Å². The molecule has 0 N–H and O–H groups in total. The van der Waals surface area contributed by atoms with Gasteiger partial charge in [-0.2, -0.15) is 0 Å². The zero-order chi connectivity index (χ0) is 38.5. The van der Waals surface area contributed by atoms with Crippen molar-refractivity contribution in [2.45, 2.75) is 208 Å². The Morgan fingerprint density at radius 2 is 0.481 bits per heavy atom. The number of allylic oxidation sites excluding steroid dienone is 4. The zero-order valence-electron chi connectivity index (χ0n) is 37.5. The van der Waals surface area contributed by atoms with Crippen LogP contribution in [-0.4, -0.2) is 96.1 Å². The van der Waals surface area contributed by atoms with Gasteiger partial charge in [0, 0.05) is 24.2 Å². The second-order valence-electron chi connectivity index (χ2n) is 18.9. The van der Waals surface area contributed by atoms with Crippen LogP contribution in [0.2, 0.25) is 0 Å². The molecule has 5 aliphatic rings. The molecule has 4 nitrogen and oxygen atoms in total. The van der Waals surface area contributed by atoms with Crippen LogP contribution in [0.1, 0.15) is 184 Å². The minimum Gasteiger partial charge on any atom is -0.301 e. The summed E-state index contributed by atoms with van der Waals surface area (Å²) >= 11 is 0. The quantitative estimate of drug-likeness (QED) is 0.129. The van der Waals surface area contributed by atoms with Gasteiger partial charge >= 0.3 is 0 Å². The van der Waals surface area contributed by atoms with Gasteiger partial charge in [0.05, 0.1) is 0 Å². The van der Waals surface area contributed by atoms with Gasteiger partial charge in [-0.1, -0.05) is 78.7 Å². The third kappa shape index (κ3) is 11.7. The van der Waals surface area contributed by atoms with Crippen molar-refractivity contribution in [3.8, 4) is 0 Å². The van der Waals surface area contributed by atoms with Gasteiger partial charge in [-0.25, -0.2) is 0 Å². The van der Waals surface area contributed by atoms with Gasteiger partial charge < -0.3 is 19.6 Å². The van der Waals surface area contributed by atoms with Crippen LogP contribution in [0.15, 0.2) is 23.3 Å². The molecule has 0 bridgehead atoms. The fourth-order valence-corrected chi connectivity index (χ4v) is 13.3. The summed E-state index contributed by atoms with van der Waals surface area (Å²) in [6, 6.07) is 3.30. The molecular formula is C50H92N4. The summed E-state index contributed by atoms with van der Waals surface area (Å²) in [6.45, 7) is 28.8. The lowest BCUT2D eigenvalue weighted by molar-refractivity contribution is 0.138. The molecular weight excluding hydrogens is 657 g/mol. The minimum atomic E-state index is 0.822. The van der Waals surface area contributed by atoms with Crippen molar-refractivity contribution >= 4 is 0 Å². The van der Waals surface area contributed by atoms with E-state index in [0.717, 1.165) is 59.7 Å². The Kier molecular flexibility index (Phi) is 19.0. The molecule has 0 heterocycles. The molecule has 5 aliphatic carbocycles. The molecule has 0 atom stereocenters. The van der Waals surface area contributed by atoms with Crippen molar-refractivity contribution in [2.75, 3.05) is 52.4 Å². The first-order valence-corrected chi connectivity index (χ1v) is 24.8. The molecule has 5 saturated carbocycles. The summed E-state index contributed by atoms with van der Waals surface area (Å²) in [6.07, 6.45) is 34.6. The molecule has 0 aromatic heterocycles. The lowest BCUT2D eigenvalue weighted by atomic mass is 9.68. The maximum Gasteiger partial charge on any atom is 0.00954 e. The van der Waals surface area contributed by atoms with Gasteiger partial charge in [-0.15, -0.1) is 0 Å². The minimum absolute atomic E-state index is 0.822. The molecule has 5 fully saturated rings. The number of hydrogen-bond acceptors (Lipinski definition) is 4. The van der Waals surface area contributed by atoms with Crippen LogP contribution in [0.5, 0.6) is 0 Å². The number of rotatable bonds is 18. The van der Waals surface area contributed by atoms with Gasteiger partial charge in [-0.05, 0) is 216 Å². The first kappa shape index (κ1) is 44.4. The SMILES string of the molecule is CCN(CC)C1CCC(C(=CC2CCC(C=C(C3CCC(N(CC)CC)CC3)C3CCC(N(CC)CC)CC3)CC2)C2CCC(N(CC)CC)CC2)CC1. The summed E-state index contributed by atoms with van der Waals surface area (Å²) in [7, 11) is 0. The van der Waals surface area contributed by atoms with Crippen LogP contribution in [0, 0.1) is 35.5 Å². The van der Waals surface area contributed by atoms with Crippen LogP contribution in [0.3, 0.4) is 0 Å². The van der Waals surface area contributed by atoms with Crippen LogP contribution >= 0.6 is 0 Å². The molecule has 4 heteroatoms. The van der Waals surface area contributed by atoms with E-state index in [9.17, 15) is 0 Å². The normalized spacial score (nSPS) is 34.1. The lowest BCUT2D eigenvalue weighted by Crippen LogP contribution is -2.40. The first-order valence-electron chi connectivity index (χ1n) is 24.8. The van der Waals surface area contributed by atoms with Crippen molar-refractivity contribution in [3.05, 3.63) is 23.3 Å². The Morgan fingerprint density at radius 1 is 0.296 bits per heavy atom. The molecule has 0 amide bonds. The van der Waals surface area contributed by atoms with Crippen LogP contribution in [0.25, 0.3) is 0 Å². The van der Waals surface area contributed by atoms with E-state index in [0.29, 0.717) is 0 Å². The molecule has 5 rings (SSSR count). The Morgan fingerprint density at radius 3 is 0.648 bits per heavy atom. The highest BCUT2D eigenvalue weighted by Crippen LogP contribution is 2.46. The van der Waals surface area contributed by atoms with Gasteiger partial charge in [0.1, 0.15) is 0 Å². The number of hydrogen-bond donors (Lipinski definition) is 0.